The van der Waals surface area contributed by atoms with Gasteiger partial charge in [-0.15, -0.1) is 0 Å². The lowest BCUT2D eigenvalue weighted by molar-refractivity contribution is -0.136. The number of phenolic OH excluding ortho intramolecular Hbond substituents is 1. The Kier molecular flexibility index (Phi) is 6.10. The van der Waals surface area contributed by atoms with Crippen molar-refractivity contribution in [3.63, 3.8) is 0 Å². The summed E-state index contributed by atoms with van der Waals surface area (Å²) >= 11 is 0. The Morgan fingerprint density at radius 2 is 1.46 bits per heavy atom. The molecule has 7 heteroatoms. The Hall–Kier alpha value is -3.61. The Morgan fingerprint density at radius 3 is 2.00 bits per heavy atom. The van der Waals surface area contributed by atoms with Gasteiger partial charge in [0.1, 0.15) is 18.8 Å². The first kappa shape index (κ1) is 18.7. The highest BCUT2D eigenvalue weighted by atomic mass is 16.4. The maximum atomic E-state index is 12.1. The summed E-state index contributed by atoms with van der Waals surface area (Å²) in [6.45, 7) is -0.874. The van der Waals surface area contributed by atoms with Gasteiger partial charge in [0.25, 0.3) is 0 Å². The van der Waals surface area contributed by atoms with E-state index in [1.165, 1.54) is 23.1 Å². The van der Waals surface area contributed by atoms with Crippen molar-refractivity contribution in [2.24, 2.45) is 0 Å². The Morgan fingerprint density at radius 1 is 0.885 bits per heavy atom. The first-order valence-electron chi connectivity index (χ1n) is 7.66. The summed E-state index contributed by atoms with van der Waals surface area (Å²) in [5.41, 5.74) is 1.30. The number of rotatable bonds is 8. The molecule has 0 fully saturated rings. The summed E-state index contributed by atoms with van der Waals surface area (Å²) in [4.78, 5) is 35.0. The van der Waals surface area contributed by atoms with E-state index >= 15 is 0 Å². The number of anilines is 1. The standard InChI is InChI=1S/C19H17NO6/c21-16-4-2-1-3-15(16)17(22)10-7-13-5-8-14(9-6-13)20(11-18(23)24)12-19(25)26/h1-10,21H,11-12H2,(H,23,24)(H,25,26)/b10-7+. The predicted molar refractivity (Wildman–Crippen MR) is 95.4 cm³/mol. The number of carbonyl (C=O) groups is 3. The number of ketones is 1. The second-order valence-electron chi connectivity index (χ2n) is 5.45. The smallest absolute Gasteiger partial charge is 0.323 e. The molecular formula is C19H17NO6. The number of para-hydroxylation sites is 1. The molecule has 0 saturated heterocycles. The maximum Gasteiger partial charge on any atom is 0.323 e. The van der Waals surface area contributed by atoms with Gasteiger partial charge in [0.05, 0.1) is 5.56 Å². The molecule has 0 aliphatic carbocycles. The van der Waals surface area contributed by atoms with Crippen molar-refractivity contribution < 1.29 is 29.7 Å². The molecule has 2 aromatic rings. The SMILES string of the molecule is O=C(O)CN(CC(=O)O)c1ccc(/C=C/C(=O)c2ccccc2O)cc1. The van der Waals surface area contributed by atoms with Crippen LogP contribution in [0.15, 0.2) is 54.6 Å². The van der Waals surface area contributed by atoms with Gasteiger partial charge in [0.15, 0.2) is 5.78 Å². The molecule has 0 heterocycles. The molecule has 2 rings (SSSR count). The van der Waals surface area contributed by atoms with Crippen molar-refractivity contribution in [3.8, 4) is 5.75 Å². The number of aromatic hydroxyl groups is 1. The van der Waals surface area contributed by atoms with Gasteiger partial charge in [0, 0.05) is 5.69 Å². The highest BCUT2D eigenvalue weighted by Crippen LogP contribution is 2.19. The Labute approximate surface area is 149 Å². The number of phenols is 1. The van der Waals surface area contributed by atoms with Crippen LogP contribution in [0.4, 0.5) is 5.69 Å². The van der Waals surface area contributed by atoms with E-state index < -0.39 is 25.0 Å². The van der Waals surface area contributed by atoms with E-state index in [4.69, 9.17) is 10.2 Å². The number of hydrogen-bond acceptors (Lipinski definition) is 5. The average molecular weight is 355 g/mol. The normalized spacial score (nSPS) is 10.6. The van der Waals surface area contributed by atoms with E-state index in [9.17, 15) is 19.5 Å². The van der Waals surface area contributed by atoms with E-state index in [1.807, 2.05) is 0 Å². The minimum Gasteiger partial charge on any atom is -0.507 e. The van der Waals surface area contributed by atoms with Crippen LogP contribution < -0.4 is 4.90 Å². The van der Waals surface area contributed by atoms with E-state index in [0.29, 0.717) is 11.3 Å². The maximum absolute atomic E-state index is 12.1. The summed E-state index contributed by atoms with van der Waals surface area (Å²) in [5.74, 6) is -2.73. The molecule has 0 aliphatic heterocycles. The van der Waals surface area contributed by atoms with Crippen LogP contribution in [-0.4, -0.2) is 46.1 Å². The Bertz CT molecular complexity index is 825. The molecule has 26 heavy (non-hydrogen) atoms. The molecule has 0 bridgehead atoms. The van der Waals surface area contributed by atoms with Crippen molar-refractivity contribution in [1.82, 2.24) is 0 Å². The van der Waals surface area contributed by atoms with Crippen LogP contribution >= 0.6 is 0 Å². The van der Waals surface area contributed by atoms with Crippen LogP contribution in [0, 0.1) is 0 Å². The summed E-state index contributed by atoms with van der Waals surface area (Å²) in [6, 6.07) is 12.6. The van der Waals surface area contributed by atoms with Crippen LogP contribution in [0.3, 0.4) is 0 Å². The first-order chi connectivity index (χ1) is 12.4. The van der Waals surface area contributed by atoms with Crippen LogP contribution in [0.1, 0.15) is 15.9 Å². The lowest BCUT2D eigenvalue weighted by Gasteiger charge is -2.20. The highest BCUT2D eigenvalue weighted by Gasteiger charge is 2.14. The van der Waals surface area contributed by atoms with Gasteiger partial charge >= 0.3 is 11.9 Å². The van der Waals surface area contributed by atoms with Gasteiger partial charge < -0.3 is 20.2 Å². The van der Waals surface area contributed by atoms with Crippen LogP contribution in [0.5, 0.6) is 5.75 Å². The lowest BCUT2D eigenvalue weighted by Crippen LogP contribution is -2.34. The molecule has 0 amide bonds. The molecule has 0 aromatic heterocycles. The lowest BCUT2D eigenvalue weighted by atomic mass is 10.1. The van der Waals surface area contributed by atoms with Gasteiger partial charge in [0.2, 0.25) is 0 Å². The van der Waals surface area contributed by atoms with Crippen molar-refractivity contribution >= 4 is 29.5 Å². The van der Waals surface area contributed by atoms with Gasteiger partial charge in [-0.1, -0.05) is 30.3 Å². The summed E-state index contributed by atoms with van der Waals surface area (Å²) in [5, 5.41) is 27.4. The average Bonchev–Trinajstić information content (AvgIpc) is 2.59. The van der Waals surface area contributed by atoms with Gasteiger partial charge in [-0.3, -0.25) is 14.4 Å². The van der Waals surface area contributed by atoms with Crippen molar-refractivity contribution in [2.75, 3.05) is 18.0 Å². The largest absolute Gasteiger partial charge is 0.507 e. The van der Waals surface area contributed by atoms with Crippen molar-refractivity contribution in [2.45, 2.75) is 0 Å². The second kappa shape index (κ2) is 8.48. The highest BCUT2D eigenvalue weighted by molar-refractivity contribution is 6.08. The summed E-state index contributed by atoms with van der Waals surface area (Å²) in [6.07, 6.45) is 2.87. The van der Waals surface area contributed by atoms with Crippen LogP contribution in [0.2, 0.25) is 0 Å². The quantitative estimate of drug-likeness (QED) is 0.491. The third-order valence-corrected chi connectivity index (χ3v) is 3.51. The Balaban J connectivity index is 2.13. The molecule has 0 unspecified atom stereocenters. The van der Waals surface area contributed by atoms with Crippen LogP contribution in [0.25, 0.3) is 6.08 Å². The third kappa shape index (κ3) is 5.20. The molecular weight excluding hydrogens is 338 g/mol. The topological polar surface area (TPSA) is 115 Å². The zero-order valence-corrected chi connectivity index (χ0v) is 13.7. The van der Waals surface area contributed by atoms with Gasteiger partial charge in [-0.2, -0.15) is 0 Å². The molecule has 0 saturated carbocycles. The fourth-order valence-electron chi connectivity index (χ4n) is 2.30. The molecule has 2 aromatic carbocycles. The number of hydrogen-bond donors (Lipinski definition) is 3. The first-order valence-corrected chi connectivity index (χ1v) is 7.66. The van der Waals surface area contributed by atoms with Gasteiger partial charge in [-0.05, 0) is 35.9 Å². The zero-order valence-electron chi connectivity index (χ0n) is 13.7. The number of carboxylic acid groups (broad SMARTS) is 2. The molecule has 0 spiro atoms. The molecule has 0 aliphatic rings. The number of aliphatic carboxylic acids is 2. The van der Waals surface area contributed by atoms with E-state index in [0.717, 1.165) is 0 Å². The number of nitrogens with zero attached hydrogens (tertiary/aromatic N) is 1. The molecule has 3 N–H and O–H groups in total. The fraction of sp³-hybridized carbons (Fsp3) is 0.105. The van der Waals surface area contributed by atoms with Crippen LogP contribution in [-0.2, 0) is 9.59 Å². The van der Waals surface area contributed by atoms with E-state index in [2.05, 4.69) is 0 Å². The van der Waals surface area contributed by atoms with Crippen molar-refractivity contribution in [1.29, 1.82) is 0 Å². The monoisotopic (exact) mass is 355 g/mol. The van der Waals surface area contributed by atoms with E-state index in [1.54, 1.807) is 42.5 Å². The molecule has 0 radical (unpaired) electrons. The van der Waals surface area contributed by atoms with Crippen molar-refractivity contribution in [3.05, 3.63) is 65.7 Å². The summed E-state index contributed by atoms with van der Waals surface area (Å²) < 4.78 is 0. The predicted octanol–water partition coefficient (Wildman–Crippen LogP) is 2.26. The third-order valence-electron chi connectivity index (χ3n) is 3.51. The number of carboxylic acids is 2. The summed E-state index contributed by atoms with van der Waals surface area (Å²) in [7, 11) is 0. The fourth-order valence-corrected chi connectivity index (χ4v) is 2.30. The molecule has 134 valence electrons. The van der Waals surface area contributed by atoms with E-state index in [-0.39, 0.29) is 17.1 Å². The number of benzene rings is 2. The minimum absolute atomic E-state index is 0.101. The number of allylic oxidation sites excluding steroid dienone is 1. The molecule has 0 atom stereocenters. The molecule has 7 nitrogen and oxygen atoms in total. The van der Waals surface area contributed by atoms with Gasteiger partial charge in [-0.25, -0.2) is 0 Å². The zero-order chi connectivity index (χ0) is 19.1. The second-order valence-corrected chi connectivity index (χ2v) is 5.45. The minimum atomic E-state index is -1.14. The number of carbonyl (C=O) groups excluding carboxylic acids is 1.